The number of aliphatic hydroxyl groups is 1. The van der Waals surface area contributed by atoms with Crippen LogP contribution in [-0.2, 0) is 6.54 Å². The summed E-state index contributed by atoms with van der Waals surface area (Å²) >= 11 is 1.78. The Morgan fingerprint density at radius 3 is 2.47 bits per heavy atom. The third-order valence-electron chi connectivity index (χ3n) is 3.52. The van der Waals surface area contributed by atoms with Crippen molar-refractivity contribution in [3.8, 4) is 0 Å². The molecule has 2 rings (SSSR count). The van der Waals surface area contributed by atoms with Crippen molar-refractivity contribution in [2.75, 3.05) is 19.4 Å². The van der Waals surface area contributed by atoms with E-state index in [1.165, 1.54) is 29.7 Å². The van der Waals surface area contributed by atoms with Crippen molar-refractivity contribution < 1.29 is 5.11 Å². The van der Waals surface area contributed by atoms with Gasteiger partial charge in [-0.2, -0.15) is 0 Å². The van der Waals surface area contributed by atoms with Gasteiger partial charge in [0, 0.05) is 24.0 Å². The van der Waals surface area contributed by atoms with Gasteiger partial charge in [0.25, 0.3) is 0 Å². The van der Waals surface area contributed by atoms with Gasteiger partial charge in [0.1, 0.15) is 0 Å². The topological polar surface area (TPSA) is 23.5 Å². The molecule has 0 aromatic heterocycles. The molecule has 1 aliphatic carbocycles. The molecule has 0 heterocycles. The van der Waals surface area contributed by atoms with E-state index in [1.807, 2.05) is 0 Å². The molecule has 0 unspecified atom stereocenters. The Morgan fingerprint density at radius 2 is 2.00 bits per heavy atom. The van der Waals surface area contributed by atoms with Crippen LogP contribution in [0.25, 0.3) is 0 Å². The highest BCUT2D eigenvalue weighted by atomic mass is 32.2. The van der Waals surface area contributed by atoms with Gasteiger partial charge >= 0.3 is 0 Å². The first kappa shape index (κ1) is 12.9. The summed E-state index contributed by atoms with van der Waals surface area (Å²) in [4.78, 5) is 3.73. The van der Waals surface area contributed by atoms with Crippen molar-refractivity contribution in [2.24, 2.45) is 0 Å². The molecule has 1 saturated carbocycles. The van der Waals surface area contributed by atoms with Crippen molar-refractivity contribution in [2.45, 2.75) is 36.7 Å². The Bertz CT molecular complexity index is 335. The smallest absolute Gasteiger partial charge is 0.0558 e. The number of rotatable bonds is 6. The van der Waals surface area contributed by atoms with Crippen molar-refractivity contribution in [1.82, 2.24) is 4.90 Å². The summed E-state index contributed by atoms with van der Waals surface area (Å²) in [6.07, 6.45) is 6.03. The summed E-state index contributed by atoms with van der Waals surface area (Å²) in [6.45, 7) is 2.04. The zero-order valence-corrected chi connectivity index (χ0v) is 11.2. The highest BCUT2D eigenvalue weighted by molar-refractivity contribution is 7.98. The van der Waals surface area contributed by atoms with Crippen LogP contribution in [-0.4, -0.2) is 35.5 Å². The van der Waals surface area contributed by atoms with Crippen molar-refractivity contribution in [1.29, 1.82) is 0 Å². The fourth-order valence-corrected chi connectivity index (χ4v) is 2.64. The quantitative estimate of drug-likeness (QED) is 0.786. The van der Waals surface area contributed by atoms with Crippen LogP contribution < -0.4 is 0 Å². The third-order valence-corrected chi connectivity index (χ3v) is 4.27. The van der Waals surface area contributed by atoms with Gasteiger partial charge in [-0.05, 0) is 36.8 Å². The summed E-state index contributed by atoms with van der Waals surface area (Å²) in [6, 6.07) is 9.46. The lowest BCUT2D eigenvalue weighted by Gasteiger charge is -2.37. The van der Waals surface area contributed by atoms with Crippen molar-refractivity contribution in [3.63, 3.8) is 0 Å². The number of hydrogen-bond donors (Lipinski definition) is 1. The first-order chi connectivity index (χ1) is 8.33. The molecule has 0 bridgehead atoms. The van der Waals surface area contributed by atoms with Crippen LogP contribution in [0.15, 0.2) is 29.2 Å². The zero-order chi connectivity index (χ0) is 12.1. The molecule has 17 heavy (non-hydrogen) atoms. The van der Waals surface area contributed by atoms with Crippen LogP contribution in [0.5, 0.6) is 0 Å². The summed E-state index contributed by atoms with van der Waals surface area (Å²) < 4.78 is 0. The second-order valence-corrected chi connectivity index (χ2v) is 5.51. The Hall–Kier alpha value is -0.510. The molecule has 0 saturated heterocycles. The van der Waals surface area contributed by atoms with Gasteiger partial charge in [0.05, 0.1) is 6.61 Å². The third kappa shape index (κ3) is 3.47. The van der Waals surface area contributed by atoms with E-state index in [9.17, 15) is 0 Å². The van der Waals surface area contributed by atoms with E-state index < -0.39 is 0 Å². The van der Waals surface area contributed by atoms with E-state index in [0.717, 1.165) is 13.1 Å². The molecular weight excluding hydrogens is 230 g/mol. The molecular formula is C14H21NOS. The molecule has 3 heteroatoms. The van der Waals surface area contributed by atoms with Gasteiger partial charge < -0.3 is 5.11 Å². The minimum Gasteiger partial charge on any atom is -0.395 e. The maximum atomic E-state index is 9.12. The molecule has 94 valence electrons. The van der Waals surface area contributed by atoms with Crippen LogP contribution in [0.1, 0.15) is 24.8 Å². The van der Waals surface area contributed by atoms with Gasteiger partial charge in [0.2, 0.25) is 0 Å². The molecule has 0 radical (unpaired) electrons. The van der Waals surface area contributed by atoms with Gasteiger partial charge in [-0.3, -0.25) is 4.90 Å². The van der Waals surface area contributed by atoms with E-state index in [0.29, 0.717) is 6.04 Å². The maximum absolute atomic E-state index is 9.12. The Morgan fingerprint density at radius 1 is 1.29 bits per heavy atom. The standard InChI is InChI=1S/C14H21NOS/c1-17-14-7-5-12(6-8-14)11-15(9-10-16)13-3-2-4-13/h5-8,13,16H,2-4,9-11H2,1H3. The minimum atomic E-state index is 0.263. The highest BCUT2D eigenvalue weighted by Gasteiger charge is 2.24. The van der Waals surface area contributed by atoms with Crippen LogP contribution >= 0.6 is 11.8 Å². The Kier molecular flexibility index (Phi) is 4.89. The normalized spacial score (nSPS) is 16.2. The van der Waals surface area contributed by atoms with Gasteiger partial charge in [-0.25, -0.2) is 0 Å². The van der Waals surface area contributed by atoms with E-state index in [4.69, 9.17) is 5.11 Å². The molecule has 1 aliphatic rings. The zero-order valence-electron chi connectivity index (χ0n) is 10.4. The van der Waals surface area contributed by atoms with E-state index in [1.54, 1.807) is 11.8 Å². The van der Waals surface area contributed by atoms with Crippen molar-refractivity contribution >= 4 is 11.8 Å². The molecule has 1 N–H and O–H groups in total. The monoisotopic (exact) mass is 251 g/mol. The summed E-state index contributed by atoms with van der Waals surface area (Å²) in [7, 11) is 0. The highest BCUT2D eigenvalue weighted by Crippen LogP contribution is 2.26. The van der Waals surface area contributed by atoms with Gasteiger partial charge in [-0.15, -0.1) is 11.8 Å². The van der Waals surface area contributed by atoms with Crippen LogP contribution in [0.4, 0.5) is 0 Å². The predicted octanol–water partition coefficient (Wildman–Crippen LogP) is 2.76. The molecule has 2 nitrogen and oxygen atoms in total. The molecule has 0 spiro atoms. The molecule has 1 aromatic rings. The number of nitrogens with zero attached hydrogens (tertiary/aromatic N) is 1. The Labute approximate surface area is 108 Å². The molecule has 1 fully saturated rings. The first-order valence-electron chi connectivity index (χ1n) is 6.31. The molecule has 1 aromatic carbocycles. The second-order valence-electron chi connectivity index (χ2n) is 4.63. The van der Waals surface area contributed by atoms with E-state index >= 15 is 0 Å². The molecule has 0 atom stereocenters. The predicted molar refractivity (Wildman–Crippen MR) is 73.4 cm³/mol. The number of thioether (sulfide) groups is 1. The molecule has 0 aliphatic heterocycles. The van der Waals surface area contributed by atoms with Crippen LogP contribution in [0.2, 0.25) is 0 Å². The number of aliphatic hydroxyl groups excluding tert-OH is 1. The van der Waals surface area contributed by atoms with Gasteiger partial charge in [-0.1, -0.05) is 18.6 Å². The molecule has 0 amide bonds. The SMILES string of the molecule is CSc1ccc(CN(CCO)C2CCC2)cc1. The second kappa shape index (κ2) is 6.43. The average Bonchev–Trinajstić information content (AvgIpc) is 2.28. The number of benzene rings is 1. The fraction of sp³-hybridized carbons (Fsp3) is 0.571. The first-order valence-corrected chi connectivity index (χ1v) is 7.54. The lowest BCUT2D eigenvalue weighted by atomic mass is 9.91. The largest absolute Gasteiger partial charge is 0.395 e. The summed E-state index contributed by atoms with van der Waals surface area (Å²) in [5, 5.41) is 9.12. The van der Waals surface area contributed by atoms with E-state index in [2.05, 4.69) is 35.4 Å². The van der Waals surface area contributed by atoms with E-state index in [-0.39, 0.29) is 6.61 Å². The number of hydrogen-bond acceptors (Lipinski definition) is 3. The van der Waals surface area contributed by atoms with Crippen LogP contribution in [0.3, 0.4) is 0 Å². The minimum absolute atomic E-state index is 0.263. The maximum Gasteiger partial charge on any atom is 0.0558 e. The summed E-state index contributed by atoms with van der Waals surface area (Å²) in [5.74, 6) is 0. The average molecular weight is 251 g/mol. The van der Waals surface area contributed by atoms with Crippen molar-refractivity contribution in [3.05, 3.63) is 29.8 Å². The fourth-order valence-electron chi connectivity index (χ4n) is 2.24. The lowest BCUT2D eigenvalue weighted by molar-refractivity contribution is 0.0945. The Balaban J connectivity index is 1.95. The summed E-state index contributed by atoms with van der Waals surface area (Å²) in [5.41, 5.74) is 1.35. The van der Waals surface area contributed by atoms with Gasteiger partial charge in [0.15, 0.2) is 0 Å². The van der Waals surface area contributed by atoms with Crippen LogP contribution in [0, 0.1) is 0 Å². The lowest BCUT2D eigenvalue weighted by Crippen LogP contribution is -2.41.